The van der Waals surface area contributed by atoms with E-state index in [4.69, 9.17) is 14.0 Å². The van der Waals surface area contributed by atoms with E-state index < -0.39 is 0 Å². The Bertz CT molecular complexity index is 826. The van der Waals surface area contributed by atoms with E-state index in [1.165, 1.54) is 0 Å². The lowest BCUT2D eigenvalue weighted by Crippen LogP contribution is -2.11. The lowest BCUT2D eigenvalue weighted by molar-refractivity contribution is 0.102. The Morgan fingerprint density at radius 1 is 1.18 bits per heavy atom. The van der Waals surface area contributed by atoms with Crippen LogP contribution in [0.5, 0.6) is 11.5 Å². The van der Waals surface area contributed by atoms with Crippen molar-refractivity contribution < 1.29 is 18.8 Å². The van der Waals surface area contributed by atoms with Crippen LogP contribution in [0.3, 0.4) is 0 Å². The summed E-state index contributed by atoms with van der Waals surface area (Å²) in [5, 5.41) is 10.5. The van der Waals surface area contributed by atoms with Crippen LogP contribution in [0.25, 0.3) is 11.3 Å². The molecule has 4 rings (SSSR count). The van der Waals surface area contributed by atoms with Gasteiger partial charge in [0, 0.05) is 22.6 Å². The predicted octanol–water partition coefficient (Wildman–Crippen LogP) is 3.38. The van der Waals surface area contributed by atoms with E-state index in [9.17, 15) is 4.79 Å². The van der Waals surface area contributed by atoms with Gasteiger partial charge in [0.2, 0.25) is 12.7 Å². The third-order valence-electron chi connectivity index (χ3n) is 3.20. The Hall–Kier alpha value is -2.80. The second-order valence-electron chi connectivity index (χ2n) is 4.61. The maximum atomic E-state index is 12.2. The van der Waals surface area contributed by atoms with Gasteiger partial charge in [-0.25, -0.2) is 0 Å². The summed E-state index contributed by atoms with van der Waals surface area (Å²) in [5.74, 6) is 1.19. The normalized spacial score (nSPS) is 12.4. The van der Waals surface area contributed by atoms with Gasteiger partial charge in [0.25, 0.3) is 5.91 Å². The Morgan fingerprint density at radius 2 is 2.09 bits per heavy atom. The average molecular weight is 314 g/mol. The highest BCUT2D eigenvalue weighted by Gasteiger charge is 2.17. The summed E-state index contributed by atoms with van der Waals surface area (Å²) in [6.07, 6.45) is 0. The van der Waals surface area contributed by atoms with Crippen LogP contribution in [-0.2, 0) is 0 Å². The monoisotopic (exact) mass is 314 g/mol. The molecule has 0 aliphatic carbocycles. The quantitative estimate of drug-likeness (QED) is 0.802. The minimum absolute atomic E-state index is 0.173. The molecule has 0 fully saturated rings. The van der Waals surface area contributed by atoms with E-state index in [0.29, 0.717) is 28.6 Å². The first-order valence-electron chi connectivity index (χ1n) is 6.50. The number of carbonyl (C=O) groups is 1. The van der Waals surface area contributed by atoms with Gasteiger partial charge in [-0.2, -0.15) is 11.3 Å². The van der Waals surface area contributed by atoms with Gasteiger partial charge >= 0.3 is 0 Å². The summed E-state index contributed by atoms with van der Waals surface area (Å²) in [4.78, 5) is 12.2. The number of thiophene rings is 1. The fraction of sp³-hybridized carbons (Fsp3) is 0.0667. The third kappa shape index (κ3) is 2.31. The second kappa shape index (κ2) is 5.19. The van der Waals surface area contributed by atoms with Crippen LogP contribution < -0.4 is 14.8 Å². The fourth-order valence-electron chi connectivity index (χ4n) is 2.10. The van der Waals surface area contributed by atoms with Crippen molar-refractivity contribution in [1.82, 2.24) is 5.16 Å². The molecule has 7 heteroatoms. The number of hydrogen-bond acceptors (Lipinski definition) is 6. The van der Waals surface area contributed by atoms with Gasteiger partial charge < -0.3 is 14.0 Å². The number of benzene rings is 1. The van der Waals surface area contributed by atoms with Crippen molar-refractivity contribution in [2.75, 3.05) is 12.1 Å². The number of nitrogens with one attached hydrogen (secondary N) is 1. The summed E-state index contributed by atoms with van der Waals surface area (Å²) in [6, 6.07) is 8.63. The van der Waals surface area contributed by atoms with Crippen molar-refractivity contribution in [2.45, 2.75) is 0 Å². The van der Waals surface area contributed by atoms with E-state index in [0.717, 1.165) is 5.56 Å². The van der Waals surface area contributed by atoms with Crippen molar-refractivity contribution in [3.63, 3.8) is 0 Å². The highest BCUT2D eigenvalue weighted by atomic mass is 32.1. The first-order valence-corrected chi connectivity index (χ1v) is 7.44. The molecular weight excluding hydrogens is 304 g/mol. The zero-order chi connectivity index (χ0) is 14.9. The number of nitrogens with zero attached hydrogens (tertiary/aromatic N) is 1. The molecule has 110 valence electrons. The van der Waals surface area contributed by atoms with Crippen molar-refractivity contribution in [2.24, 2.45) is 0 Å². The number of fused-ring (bicyclic) bond motifs is 1. The Morgan fingerprint density at radius 3 is 2.95 bits per heavy atom. The highest BCUT2D eigenvalue weighted by molar-refractivity contribution is 7.08. The summed E-state index contributed by atoms with van der Waals surface area (Å²) in [6.45, 7) is 0.173. The summed E-state index contributed by atoms with van der Waals surface area (Å²) >= 11 is 1.57. The molecule has 1 aliphatic rings. The van der Waals surface area contributed by atoms with E-state index in [-0.39, 0.29) is 12.7 Å². The molecule has 0 radical (unpaired) electrons. The molecule has 1 N–H and O–H groups in total. The molecule has 1 amide bonds. The zero-order valence-corrected chi connectivity index (χ0v) is 12.1. The second-order valence-corrected chi connectivity index (χ2v) is 5.39. The topological polar surface area (TPSA) is 73.6 Å². The largest absolute Gasteiger partial charge is 0.454 e. The van der Waals surface area contributed by atoms with Gasteiger partial charge in [-0.15, -0.1) is 0 Å². The fourth-order valence-corrected chi connectivity index (χ4v) is 2.75. The summed E-state index contributed by atoms with van der Waals surface area (Å²) in [7, 11) is 0. The smallest absolute Gasteiger partial charge is 0.258 e. The number of ether oxygens (including phenoxy) is 2. The van der Waals surface area contributed by atoms with Crippen LogP contribution >= 0.6 is 11.3 Å². The predicted molar refractivity (Wildman–Crippen MR) is 80.3 cm³/mol. The van der Waals surface area contributed by atoms with Gasteiger partial charge in [-0.1, -0.05) is 5.16 Å². The SMILES string of the molecule is O=C(Nc1cc(-c2ccsc2)no1)c1ccc2c(c1)OCO2. The van der Waals surface area contributed by atoms with Crippen LogP contribution in [0.2, 0.25) is 0 Å². The number of aromatic nitrogens is 1. The zero-order valence-electron chi connectivity index (χ0n) is 11.2. The standard InChI is InChI=1S/C15H10N2O4S/c18-15(9-1-2-12-13(5-9)20-8-19-12)16-14-6-11(17-21-14)10-3-4-22-7-10/h1-7H,8H2,(H,16,18). The van der Waals surface area contributed by atoms with Crippen molar-refractivity contribution in [3.05, 3.63) is 46.7 Å². The van der Waals surface area contributed by atoms with Gasteiger partial charge in [0.1, 0.15) is 5.69 Å². The molecule has 1 aliphatic heterocycles. The number of hydrogen-bond donors (Lipinski definition) is 1. The van der Waals surface area contributed by atoms with Crippen molar-refractivity contribution in [3.8, 4) is 22.8 Å². The Labute approximate surface area is 129 Å². The minimum atomic E-state index is -0.300. The van der Waals surface area contributed by atoms with Gasteiger partial charge in [0.05, 0.1) is 0 Å². The number of rotatable bonds is 3. The van der Waals surface area contributed by atoms with Crippen molar-refractivity contribution in [1.29, 1.82) is 0 Å². The molecule has 22 heavy (non-hydrogen) atoms. The lowest BCUT2D eigenvalue weighted by atomic mass is 10.2. The summed E-state index contributed by atoms with van der Waals surface area (Å²) < 4.78 is 15.6. The first kappa shape index (κ1) is 12.9. The molecule has 0 unspecified atom stereocenters. The molecule has 1 aromatic carbocycles. The van der Waals surface area contributed by atoms with Gasteiger partial charge in [-0.3, -0.25) is 10.1 Å². The minimum Gasteiger partial charge on any atom is -0.454 e. The van der Waals surface area contributed by atoms with Gasteiger partial charge in [0.15, 0.2) is 11.5 Å². The Balaban J connectivity index is 1.52. The molecule has 3 aromatic rings. The van der Waals surface area contributed by atoms with Crippen LogP contribution in [0, 0.1) is 0 Å². The average Bonchev–Trinajstić information content (AvgIpc) is 3.27. The Kier molecular flexibility index (Phi) is 3.05. The molecular formula is C15H10N2O4S. The molecule has 0 atom stereocenters. The first-order chi connectivity index (χ1) is 10.8. The van der Waals surface area contributed by atoms with Crippen molar-refractivity contribution >= 4 is 23.1 Å². The number of carbonyl (C=O) groups excluding carboxylic acids is 1. The molecule has 0 bridgehead atoms. The maximum absolute atomic E-state index is 12.2. The lowest BCUT2D eigenvalue weighted by Gasteiger charge is -2.02. The number of anilines is 1. The van der Waals surface area contributed by atoms with E-state index in [1.54, 1.807) is 35.6 Å². The molecule has 0 saturated carbocycles. The molecule has 6 nitrogen and oxygen atoms in total. The van der Waals surface area contributed by atoms with E-state index >= 15 is 0 Å². The summed E-state index contributed by atoms with van der Waals surface area (Å²) in [5.41, 5.74) is 2.09. The molecule has 2 aromatic heterocycles. The van der Waals surface area contributed by atoms with Crippen LogP contribution in [0.1, 0.15) is 10.4 Å². The van der Waals surface area contributed by atoms with Crippen LogP contribution in [0.4, 0.5) is 5.88 Å². The van der Waals surface area contributed by atoms with Crippen LogP contribution in [0.15, 0.2) is 45.6 Å². The molecule has 0 spiro atoms. The van der Waals surface area contributed by atoms with Gasteiger partial charge in [-0.05, 0) is 29.6 Å². The molecule has 0 saturated heterocycles. The van der Waals surface area contributed by atoms with E-state index in [1.807, 2.05) is 16.8 Å². The maximum Gasteiger partial charge on any atom is 0.258 e. The van der Waals surface area contributed by atoms with E-state index in [2.05, 4.69) is 10.5 Å². The number of amides is 1. The molecule has 3 heterocycles. The van der Waals surface area contributed by atoms with Crippen LogP contribution in [-0.4, -0.2) is 17.9 Å². The highest BCUT2D eigenvalue weighted by Crippen LogP contribution is 2.32. The third-order valence-corrected chi connectivity index (χ3v) is 3.88.